The van der Waals surface area contributed by atoms with Gasteiger partial charge < -0.3 is 9.47 Å². The molecule has 0 spiro atoms. The Labute approximate surface area is 101 Å². The van der Waals surface area contributed by atoms with E-state index in [9.17, 15) is 4.79 Å². The minimum absolute atomic E-state index is 0.00935. The van der Waals surface area contributed by atoms with E-state index in [2.05, 4.69) is 4.98 Å². The first-order valence-electron chi connectivity index (χ1n) is 5.84. The summed E-state index contributed by atoms with van der Waals surface area (Å²) in [5, 5.41) is 0. The van der Waals surface area contributed by atoms with E-state index in [1.165, 1.54) is 0 Å². The zero-order valence-corrected chi connectivity index (χ0v) is 10.4. The van der Waals surface area contributed by atoms with Gasteiger partial charge in [0.1, 0.15) is 6.17 Å². The van der Waals surface area contributed by atoms with Crippen LogP contribution in [0.2, 0.25) is 0 Å². The Balaban J connectivity index is 2.42. The SMILES string of the molecule is CCN(C(C)=O)C(C)n1cnc2ccccc21. The second-order valence-corrected chi connectivity index (χ2v) is 4.08. The highest BCUT2D eigenvalue weighted by molar-refractivity contribution is 5.76. The first kappa shape index (κ1) is 11.6. The number of carbonyl (C=O) groups excluding carboxylic acids is 1. The molecule has 2 aromatic rings. The zero-order chi connectivity index (χ0) is 12.4. The van der Waals surface area contributed by atoms with Gasteiger partial charge in [-0.2, -0.15) is 0 Å². The molecule has 1 aromatic heterocycles. The predicted molar refractivity (Wildman–Crippen MR) is 67.5 cm³/mol. The van der Waals surface area contributed by atoms with Crippen LogP contribution in [0.25, 0.3) is 11.0 Å². The Hall–Kier alpha value is -1.84. The smallest absolute Gasteiger partial charge is 0.221 e. The summed E-state index contributed by atoms with van der Waals surface area (Å²) in [4.78, 5) is 17.7. The minimum Gasteiger partial charge on any atom is -0.323 e. The summed E-state index contributed by atoms with van der Waals surface area (Å²) < 4.78 is 2.03. The van der Waals surface area contributed by atoms with Crippen LogP contribution in [-0.2, 0) is 4.79 Å². The second-order valence-electron chi connectivity index (χ2n) is 4.08. The highest BCUT2D eigenvalue weighted by Crippen LogP contribution is 2.20. The number of imidazole rings is 1. The monoisotopic (exact) mass is 231 g/mol. The number of hydrogen-bond acceptors (Lipinski definition) is 2. The van der Waals surface area contributed by atoms with E-state index in [1.807, 2.05) is 47.6 Å². The van der Waals surface area contributed by atoms with Gasteiger partial charge >= 0.3 is 0 Å². The molecule has 0 saturated carbocycles. The van der Waals surface area contributed by atoms with Crippen molar-refractivity contribution in [2.75, 3.05) is 6.54 Å². The third kappa shape index (κ3) is 2.02. The predicted octanol–water partition coefficient (Wildman–Crippen LogP) is 2.42. The van der Waals surface area contributed by atoms with Gasteiger partial charge in [0.25, 0.3) is 0 Å². The summed E-state index contributed by atoms with van der Waals surface area (Å²) in [6, 6.07) is 7.94. The number of carbonyl (C=O) groups is 1. The van der Waals surface area contributed by atoms with E-state index >= 15 is 0 Å². The third-order valence-corrected chi connectivity index (χ3v) is 3.08. The minimum atomic E-state index is -0.00935. The van der Waals surface area contributed by atoms with Crippen molar-refractivity contribution in [1.82, 2.24) is 14.5 Å². The number of benzene rings is 1. The number of aromatic nitrogens is 2. The van der Waals surface area contributed by atoms with Crippen molar-refractivity contribution >= 4 is 16.9 Å². The Kier molecular flexibility index (Phi) is 3.13. The molecule has 1 amide bonds. The van der Waals surface area contributed by atoms with Crippen LogP contribution in [0.3, 0.4) is 0 Å². The second kappa shape index (κ2) is 4.57. The van der Waals surface area contributed by atoms with Crippen molar-refractivity contribution < 1.29 is 4.79 Å². The van der Waals surface area contributed by atoms with Crippen LogP contribution in [0.4, 0.5) is 0 Å². The number of rotatable bonds is 3. The molecule has 90 valence electrons. The van der Waals surface area contributed by atoms with Crippen molar-refractivity contribution in [3.63, 3.8) is 0 Å². The van der Waals surface area contributed by atoms with Crippen molar-refractivity contribution in [3.8, 4) is 0 Å². The van der Waals surface area contributed by atoms with Gasteiger partial charge in [-0.25, -0.2) is 4.98 Å². The molecule has 1 heterocycles. The van der Waals surface area contributed by atoms with E-state index in [4.69, 9.17) is 0 Å². The Morgan fingerprint density at radius 2 is 2.18 bits per heavy atom. The van der Waals surface area contributed by atoms with Gasteiger partial charge in [-0.3, -0.25) is 4.79 Å². The molecule has 0 fully saturated rings. The molecule has 4 heteroatoms. The van der Waals surface area contributed by atoms with Crippen LogP contribution in [0.1, 0.15) is 26.9 Å². The fourth-order valence-corrected chi connectivity index (χ4v) is 2.18. The number of amides is 1. The topological polar surface area (TPSA) is 38.1 Å². The zero-order valence-electron chi connectivity index (χ0n) is 10.4. The molecule has 2 rings (SSSR count). The molecule has 0 bridgehead atoms. The fraction of sp³-hybridized carbons (Fsp3) is 0.385. The Bertz CT molecular complexity index is 532. The molecule has 1 unspecified atom stereocenters. The van der Waals surface area contributed by atoms with Crippen LogP contribution in [-0.4, -0.2) is 26.9 Å². The number of fused-ring (bicyclic) bond motifs is 1. The largest absolute Gasteiger partial charge is 0.323 e. The van der Waals surface area contributed by atoms with Crippen LogP contribution in [0, 0.1) is 0 Å². The van der Waals surface area contributed by atoms with Gasteiger partial charge in [-0.05, 0) is 26.0 Å². The normalized spacial score (nSPS) is 12.6. The summed E-state index contributed by atoms with van der Waals surface area (Å²) in [6.07, 6.45) is 1.78. The molecule has 1 atom stereocenters. The molecule has 17 heavy (non-hydrogen) atoms. The van der Waals surface area contributed by atoms with E-state index in [-0.39, 0.29) is 12.1 Å². The molecular weight excluding hydrogens is 214 g/mol. The number of hydrogen-bond donors (Lipinski definition) is 0. The lowest BCUT2D eigenvalue weighted by Crippen LogP contribution is -2.34. The van der Waals surface area contributed by atoms with Crippen LogP contribution >= 0.6 is 0 Å². The van der Waals surface area contributed by atoms with E-state index < -0.39 is 0 Å². The average molecular weight is 231 g/mol. The standard InChI is InChI=1S/C13H17N3O/c1-4-15(11(3)17)10(2)16-9-14-12-7-5-6-8-13(12)16/h5-10H,4H2,1-3H3. The summed E-state index contributed by atoms with van der Waals surface area (Å²) in [7, 11) is 0. The van der Waals surface area contributed by atoms with Gasteiger partial charge in [0, 0.05) is 13.5 Å². The van der Waals surface area contributed by atoms with Crippen molar-refractivity contribution in [3.05, 3.63) is 30.6 Å². The van der Waals surface area contributed by atoms with Gasteiger partial charge in [-0.15, -0.1) is 0 Å². The molecule has 1 aromatic carbocycles. The maximum Gasteiger partial charge on any atom is 0.221 e. The fourth-order valence-electron chi connectivity index (χ4n) is 2.18. The highest BCUT2D eigenvalue weighted by Gasteiger charge is 2.17. The van der Waals surface area contributed by atoms with Crippen LogP contribution in [0.15, 0.2) is 30.6 Å². The Morgan fingerprint density at radius 3 is 2.82 bits per heavy atom. The van der Waals surface area contributed by atoms with Gasteiger partial charge in [0.05, 0.1) is 17.4 Å². The molecular formula is C13H17N3O. The summed E-state index contributed by atoms with van der Waals surface area (Å²) in [5.74, 6) is 0.0813. The maximum atomic E-state index is 11.5. The highest BCUT2D eigenvalue weighted by atomic mass is 16.2. The summed E-state index contributed by atoms with van der Waals surface area (Å²) >= 11 is 0. The van der Waals surface area contributed by atoms with E-state index in [1.54, 1.807) is 13.3 Å². The Morgan fingerprint density at radius 1 is 1.47 bits per heavy atom. The van der Waals surface area contributed by atoms with E-state index in [0.717, 1.165) is 11.0 Å². The maximum absolute atomic E-state index is 11.5. The first-order valence-corrected chi connectivity index (χ1v) is 5.84. The van der Waals surface area contributed by atoms with Crippen molar-refractivity contribution in [2.24, 2.45) is 0 Å². The molecule has 0 aliphatic rings. The van der Waals surface area contributed by atoms with Crippen LogP contribution in [0.5, 0.6) is 0 Å². The van der Waals surface area contributed by atoms with Gasteiger partial charge in [0.2, 0.25) is 5.91 Å². The molecule has 0 aliphatic carbocycles. The van der Waals surface area contributed by atoms with Crippen molar-refractivity contribution in [1.29, 1.82) is 0 Å². The first-order chi connectivity index (χ1) is 8.15. The van der Waals surface area contributed by atoms with Gasteiger partial charge in [0.15, 0.2) is 0 Å². The number of nitrogens with zero attached hydrogens (tertiary/aromatic N) is 3. The number of para-hydroxylation sites is 2. The molecule has 0 aliphatic heterocycles. The lowest BCUT2D eigenvalue weighted by atomic mass is 10.3. The molecule has 0 N–H and O–H groups in total. The summed E-state index contributed by atoms with van der Waals surface area (Å²) in [6.45, 7) is 6.29. The van der Waals surface area contributed by atoms with Crippen LogP contribution < -0.4 is 0 Å². The molecule has 0 saturated heterocycles. The molecule has 4 nitrogen and oxygen atoms in total. The van der Waals surface area contributed by atoms with Gasteiger partial charge in [-0.1, -0.05) is 12.1 Å². The quantitative estimate of drug-likeness (QED) is 0.813. The average Bonchev–Trinajstić information content (AvgIpc) is 2.72. The lowest BCUT2D eigenvalue weighted by molar-refractivity contribution is -0.132. The summed E-state index contributed by atoms with van der Waals surface area (Å²) in [5.41, 5.74) is 2.01. The van der Waals surface area contributed by atoms with Crippen molar-refractivity contribution in [2.45, 2.75) is 26.9 Å². The lowest BCUT2D eigenvalue weighted by Gasteiger charge is -2.28. The molecule has 0 radical (unpaired) electrons. The third-order valence-electron chi connectivity index (χ3n) is 3.08. The van der Waals surface area contributed by atoms with E-state index in [0.29, 0.717) is 6.54 Å².